The molecular formula is C15H13ClN2O3. The van der Waals surface area contributed by atoms with Crippen molar-refractivity contribution in [2.75, 3.05) is 5.32 Å². The van der Waals surface area contributed by atoms with Crippen molar-refractivity contribution in [1.29, 1.82) is 0 Å². The Balaban J connectivity index is 1.78. The van der Waals surface area contributed by atoms with Gasteiger partial charge in [0.25, 0.3) is 5.91 Å². The Morgan fingerprint density at radius 2 is 1.90 bits per heavy atom. The van der Waals surface area contributed by atoms with E-state index in [1.54, 1.807) is 24.4 Å². The van der Waals surface area contributed by atoms with Crippen LogP contribution in [0, 0.1) is 0 Å². The smallest absolute Gasteiger partial charge is 0.335 e. The van der Waals surface area contributed by atoms with Crippen molar-refractivity contribution < 1.29 is 14.7 Å². The van der Waals surface area contributed by atoms with Gasteiger partial charge in [0.2, 0.25) is 0 Å². The molecule has 0 radical (unpaired) electrons. The Bertz CT molecular complexity index is 702. The number of nitrogens with one attached hydrogen (secondary N) is 1. The number of nitrogens with zero attached hydrogens (tertiary/aromatic N) is 1. The van der Waals surface area contributed by atoms with E-state index in [4.69, 9.17) is 16.7 Å². The predicted octanol–water partition coefficient (Wildman–Crippen LogP) is 3.43. The molecule has 1 heterocycles. The number of hydrogen-bond donors (Lipinski definition) is 2. The fourth-order valence-electron chi connectivity index (χ4n) is 2.17. The van der Waals surface area contributed by atoms with Gasteiger partial charge in [0.15, 0.2) is 0 Å². The number of carboxylic acids is 1. The summed E-state index contributed by atoms with van der Waals surface area (Å²) >= 11 is 5.97. The molecule has 3 rings (SSSR count). The van der Waals surface area contributed by atoms with Crippen molar-refractivity contribution in [3.05, 3.63) is 52.8 Å². The Labute approximate surface area is 126 Å². The Kier molecular flexibility index (Phi) is 3.43. The summed E-state index contributed by atoms with van der Waals surface area (Å²) in [5, 5.41) is 12.1. The molecule has 5 nitrogen and oxygen atoms in total. The number of carbonyl (C=O) groups excluding carboxylic acids is 1. The van der Waals surface area contributed by atoms with Crippen LogP contribution in [0.5, 0.6) is 0 Å². The van der Waals surface area contributed by atoms with Crippen LogP contribution in [0.15, 0.2) is 36.5 Å². The first-order valence-corrected chi connectivity index (χ1v) is 6.94. The first kappa shape index (κ1) is 13.7. The van der Waals surface area contributed by atoms with Gasteiger partial charge in [-0.25, -0.2) is 4.79 Å². The molecule has 1 aromatic heterocycles. The Hall–Kier alpha value is -2.27. The molecule has 1 saturated carbocycles. The highest BCUT2D eigenvalue weighted by Gasteiger charge is 2.27. The average Bonchev–Trinajstić information content (AvgIpc) is 3.22. The fraction of sp³-hybridized carbons (Fsp3) is 0.200. The molecule has 1 aromatic carbocycles. The van der Waals surface area contributed by atoms with E-state index < -0.39 is 5.97 Å². The lowest BCUT2D eigenvalue weighted by Crippen LogP contribution is -2.16. The van der Waals surface area contributed by atoms with Gasteiger partial charge in [0.05, 0.1) is 10.6 Å². The molecule has 6 heteroatoms. The van der Waals surface area contributed by atoms with E-state index in [-0.39, 0.29) is 11.5 Å². The lowest BCUT2D eigenvalue weighted by molar-refractivity contribution is 0.0696. The number of amides is 1. The van der Waals surface area contributed by atoms with Crippen LogP contribution in [0.3, 0.4) is 0 Å². The number of aromatic carboxylic acids is 1. The van der Waals surface area contributed by atoms with Crippen molar-refractivity contribution >= 4 is 29.2 Å². The summed E-state index contributed by atoms with van der Waals surface area (Å²) in [6.07, 6.45) is 3.87. The van der Waals surface area contributed by atoms with Gasteiger partial charge in [-0.3, -0.25) is 4.79 Å². The molecule has 1 amide bonds. The van der Waals surface area contributed by atoms with Gasteiger partial charge in [0, 0.05) is 17.9 Å². The molecule has 2 aromatic rings. The topological polar surface area (TPSA) is 71.3 Å². The number of halogens is 1. The molecule has 0 aliphatic heterocycles. The average molecular weight is 305 g/mol. The first-order valence-electron chi connectivity index (χ1n) is 6.56. The second kappa shape index (κ2) is 5.26. The molecule has 0 bridgehead atoms. The number of rotatable bonds is 4. The van der Waals surface area contributed by atoms with Crippen LogP contribution in [-0.2, 0) is 0 Å². The second-order valence-corrected chi connectivity index (χ2v) is 5.46. The summed E-state index contributed by atoms with van der Waals surface area (Å²) in [7, 11) is 0. The molecule has 1 aliphatic rings. The third kappa shape index (κ3) is 2.92. The summed E-state index contributed by atoms with van der Waals surface area (Å²) in [5.41, 5.74) is 1.24. The van der Waals surface area contributed by atoms with Crippen LogP contribution >= 0.6 is 11.6 Å². The molecular weight excluding hydrogens is 292 g/mol. The molecule has 0 saturated heterocycles. The van der Waals surface area contributed by atoms with Gasteiger partial charge in [-0.1, -0.05) is 11.6 Å². The van der Waals surface area contributed by atoms with Crippen LogP contribution in [0.2, 0.25) is 5.02 Å². The minimum absolute atomic E-state index is 0.178. The van der Waals surface area contributed by atoms with Gasteiger partial charge in [0.1, 0.15) is 5.69 Å². The Morgan fingerprint density at radius 1 is 1.24 bits per heavy atom. The maximum Gasteiger partial charge on any atom is 0.335 e. The van der Waals surface area contributed by atoms with E-state index in [0.29, 0.717) is 22.4 Å². The zero-order valence-corrected chi connectivity index (χ0v) is 11.8. The van der Waals surface area contributed by atoms with E-state index in [2.05, 4.69) is 5.32 Å². The van der Waals surface area contributed by atoms with Gasteiger partial charge >= 0.3 is 5.97 Å². The van der Waals surface area contributed by atoms with Crippen molar-refractivity contribution in [2.24, 2.45) is 0 Å². The van der Waals surface area contributed by atoms with Crippen molar-refractivity contribution in [2.45, 2.75) is 18.9 Å². The van der Waals surface area contributed by atoms with Gasteiger partial charge < -0.3 is 15.0 Å². The van der Waals surface area contributed by atoms with Crippen molar-refractivity contribution in [1.82, 2.24) is 4.57 Å². The largest absolute Gasteiger partial charge is 0.478 e. The van der Waals surface area contributed by atoms with Crippen LogP contribution < -0.4 is 5.32 Å². The lowest BCUT2D eigenvalue weighted by atomic mass is 10.2. The van der Waals surface area contributed by atoms with Gasteiger partial charge in [-0.2, -0.15) is 0 Å². The van der Waals surface area contributed by atoms with E-state index in [1.165, 1.54) is 12.1 Å². The van der Waals surface area contributed by atoms with Crippen LogP contribution in [0.25, 0.3) is 0 Å². The van der Waals surface area contributed by atoms with E-state index in [0.717, 1.165) is 12.8 Å². The van der Waals surface area contributed by atoms with Crippen LogP contribution in [-0.4, -0.2) is 21.6 Å². The van der Waals surface area contributed by atoms with Crippen LogP contribution in [0.4, 0.5) is 5.69 Å². The highest BCUT2D eigenvalue weighted by atomic mass is 35.5. The molecule has 0 spiro atoms. The minimum atomic E-state index is -0.998. The van der Waals surface area contributed by atoms with E-state index in [1.807, 2.05) is 4.57 Å². The van der Waals surface area contributed by atoms with Crippen molar-refractivity contribution in [3.8, 4) is 0 Å². The molecule has 2 N–H and O–H groups in total. The normalized spacial score (nSPS) is 14.0. The highest BCUT2D eigenvalue weighted by Crippen LogP contribution is 2.37. The minimum Gasteiger partial charge on any atom is -0.478 e. The first-order chi connectivity index (χ1) is 10.0. The zero-order chi connectivity index (χ0) is 15.0. The Morgan fingerprint density at radius 3 is 2.48 bits per heavy atom. The molecule has 1 fully saturated rings. The maximum atomic E-state index is 12.3. The SMILES string of the molecule is O=C(O)c1ccc(NC(=O)c2cc(Cl)cn2C2CC2)cc1. The maximum absolute atomic E-state index is 12.3. The van der Waals surface area contributed by atoms with Crippen molar-refractivity contribution in [3.63, 3.8) is 0 Å². The van der Waals surface area contributed by atoms with Gasteiger partial charge in [-0.05, 0) is 43.2 Å². The zero-order valence-electron chi connectivity index (χ0n) is 11.0. The molecule has 0 atom stereocenters. The number of benzene rings is 1. The third-order valence-corrected chi connectivity index (χ3v) is 3.58. The molecule has 1 aliphatic carbocycles. The summed E-state index contributed by atoms with van der Waals surface area (Å²) in [5.74, 6) is -1.25. The lowest BCUT2D eigenvalue weighted by Gasteiger charge is -2.08. The standard InChI is InChI=1S/C15H13ClN2O3/c16-10-7-13(18(8-10)12-5-6-12)14(19)17-11-3-1-9(2-4-11)15(20)21/h1-4,7-8,12H,5-6H2,(H,17,19)(H,20,21). The quantitative estimate of drug-likeness (QED) is 0.909. The molecule has 108 valence electrons. The predicted molar refractivity (Wildman–Crippen MR) is 79.1 cm³/mol. The summed E-state index contributed by atoms with van der Waals surface area (Å²) < 4.78 is 1.89. The van der Waals surface area contributed by atoms with E-state index in [9.17, 15) is 9.59 Å². The number of anilines is 1. The second-order valence-electron chi connectivity index (χ2n) is 5.02. The van der Waals surface area contributed by atoms with Crippen LogP contribution in [0.1, 0.15) is 39.7 Å². The van der Waals surface area contributed by atoms with E-state index >= 15 is 0 Å². The van der Waals surface area contributed by atoms with Gasteiger partial charge in [-0.15, -0.1) is 0 Å². The number of hydrogen-bond acceptors (Lipinski definition) is 2. The summed E-state index contributed by atoms with van der Waals surface area (Å²) in [4.78, 5) is 23.1. The third-order valence-electron chi connectivity index (χ3n) is 3.38. The number of carbonyl (C=O) groups is 2. The molecule has 0 unspecified atom stereocenters. The summed E-state index contributed by atoms with van der Waals surface area (Å²) in [6.45, 7) is 0. The number of aromatic nitrogens is 1. The monoisotopic (exact) mass is 304 g/mol. The summed E-state index contributed by atoms with van der Waals surface area (Å²) in [6, 6.07) is 8.02. The highest BCUT2D eigenvalue weighted by molar-refractivity contribution is 6.31. The number of carboxylic acid groups (broad SMARTS) is 1. The molecule has 21 heavy (non-hydrogen) atoms. The fourth-order valence-corrected chi connectivity index (χ4v) is 2.38.